The Kier molecular flexibility index (Phi) is 8.40. The maximum Gasteiger partial charge on any atom is 0.220 e. The summed E-state index contributed by atoms with van der Waals surface area (Å²) in [5, 5.41) is 6.26. The van der Waals surface area contributed by atoms with E-state index in [0.717, 1.165) is 44.4 Å². The number of guanidine groups is 1. The van der Waals surface area contributed by atoms with Crippen LogP contribution >= 0.6 is 0 Å². The molecule has 138 valence electrons. The third-order valence-corrected chi connectivity index (χ3v) is 5.68. The molecule has 1 saturated carbocycles. The first-order valence-electron chi connectivity index (χ1n) is 9.89. The van der Waals surface area contributed by atoms with E-state index in [1.807, 2.05) is 7.05 Å². The fourth-order valence-electron chi connectivity index (χ4n) is 4.10. The van der Waals surface area contributed by atoms with E-state index in [-0.39, 0.29) is 5.91 Å². The molecule has 1 aliphatic carbocycles. The van der Waals surface area contributed by atoms with Gasteiger partial charge in [-0.05, 0) is 31.1 Å². The lowest BCUT2D eigenvalue weighted by atomic mass is 9.93. The quantitative estimate of drug-likeness (QED) is 0.427. The lowest BCUT2D eigenvalue weighted by Gasteiger charge is -2.34. The van der Waals surface area contributed by atoms with Crippen molar-refractivity contribution in [3.05, 3.63) is 0 Å². The van der Waals surface area contributed by atoms with Crippen molar-refractivity contribution in [2.75, 3.05) is 33.7 Å². The number of rotatable bonds is 7. The molecular formula is C19H36N4O. The number of piperidine rings is 1. The van der Waals surface area contributed by atoms with Crippen LogP contribution in [0.4, 0.5) is 0 Å². The van der Waals surface area contributed by atoms with Crippen LogP contribution in [0, 0.1) is 11.8 Å². The number of likely N-dealkylation sites (tertiary alicyclic amines) is 1. The molecule has 2 N–H and O–H groups in total. The Balaban J connectivity index is 1.59. The second-order valence-corrected chi connectivity index (χ2v) is 7.43. The minimum Gasteiger partial charge on any atom is -0.359 e. The zero-order valence-corrected chi connectivity index (χ0v) is 15.6. The van der Waals surface area contributed by atoms with E-state index in [0.29, 0.717) is 12.3 Å². The monoisotopic (exact) mass is 336 g/mol. The van der Waals surface area contributed by atoms with Gasteiger partial charge in [0.25, 0.3) is 0 Å². The molecule has 0 aromatic heterocycles. The summed E-state index contributed by atoms with van der Waals surface area (Å²) < 4.78 is 0. The summed E-state index contributed by atoms with van der Waals surface area (Å²) in [5.41, 5.74) is 0. The molecule has 1 aliphatic heterocycles. The number of aliphatic imine (C=N–C) groups is 1. The van der Waals surface area contributed by atoms with Crippen LogP contribution in [-0.2, 0) is 4.79 Å². The average Bonchev–Trinajstić information content (AvgIpc) is 3.12. The molecule has 1 saturated heterocycles. The maximum atomic E-state index is 11.5. The largest absolute Gasteiger partial charge is 0.359 e. The van der Waals surface area contributed by atoms with Crippen LogP contribution in [0.2, 0.25) is 0 Å². The summed E-state index contributed by atoms with van der Waals surface area (Å²) in [4.78, 5) is 18.3. The molecule has 0 radical (unpaired) electrons. The summed E-state index contributed by atoms with van der Waals surface area (Å²) in [6, 6.07) is 0. The predicted octanol–water partition coefficient (Wildman–Crippen LogP) is 2.77. The van der Waals surface area contributed by atoms with Gasteiger partial charge >= 0.3 is 0 Å². The second kappa shape index (κ2) is 10.6. The fraction of sp³-hybridized carbons (Fsp3) is 0.895. The number of hydrogen-bond acceptors (Lipinski definition) is 2. The van der Waals surface area contributed by atoms with Crippen LogP contribution in [-0.4, -0.2) is 50.5 Å². The highest BCUT2D eigenvalue weighted by atomic mass is 16.1. The van der Waals surface area contributed by atoms with Crippen LogP contribution < -0.4 is 10.6 Å². The van der Waals surface area contributed by atoms with Crippen molar-refractivity contribution in [1.29, 1.82) is 0 Å². The van der Waals surface area contributed by atoms with Gasteiger partial charge in [-0.2, -0.15) is 0 Å². The van der Waals surface area contributed by atoms with Crippen LogP contribution in [0.15, 0.2) is 4.99 Å². The lowest BCUT2D eigenvalue weighted by molar-refractivity contribution is -0.121. The molecule has 2 rings (SSSR count). The minimum absolute atomic E-state index is 0.165. The van der Waals surface area contributed by atoms with Crippen LogP contribution in [0.1, 0.15) is 64.2 Å². The van der Waals surface area contributed by atoms with Crippen molar-refractivity contribution in [3.63, 3.8) is 0 Å². The molecule has 0 aromatic carbocycles. The third kappa shape index (κ3) is 6.33. The Hall–Kier alpha value is -1.26. The van der Waals surface area contributed by atoms with Gasteiger partial charge in [0.1, 0.15) is 0 Å². The van der Waals surface area contributed by atoms with Gasteiger partial charge in [0.05, 0.1) is 0 Å². The van der Waals surface area contributed by atoms with E-state index in [1.165, 1.54) is 44.9 Å². The van der Waals surface area contributed by atoms with Crippen LogP contribution in [0.5, 0.6) is 0 Å². The van der Waals surface area contributed by atoms with Crippen molar-refractivity contribution < 1.29 is 4.79 Å². The molecule has 5 nitrogen and oxygen atoms in total. The Morgan fingerprint density at radius 2 is 1.79 bits per heavy atom. The van der Waals surface area contributed by atoms with Crippen LogP contribution in [0.3, 0.4) is 0 Å². The fourth-order valence-corrected chi connectivity index (χ4v) is 4.10. The number of nitrogens with zero attached hydrogens (tertiary/aromatic N) is 2. The third-order valence-electron chi connectivity index (χ3n) is 5.68. The SMILES string of the molecule is CN=C(NCCCCC1CCCC1)N1CCC(CC(=O)NC)CC1. The van der Waals surface area contributed by atoms with Gasteiger partial charge in [0, 0.05) is 40.2 Å². The van der Waals surface area contributed by atoms with Crippen molar-refractivity contribution in [2.24, 2.45) is 16.8 Å². The van der Waals surface area contributed by atoms with Gasteiger partial charge in [-0.3, -0.25) is 9.79 Å². The first kappa shape index (κ1) is 19.1. The first-order chi connectivity index (χ1) is 11.7. The van der Waals surface area contributed by atoms with Crippen molar-refractivity contribution in [3.8, 4) is 0 Å². The van der Waals surface area contributed by atoms with Crippen molar-refractivity contribution in [1.82, 2.24) is 15.5 Å². The molecule has 0 bridgehead atoms. The van der Waals surface area contributed by atoms with E-state index in [9.17, 15) is 4.79 Å². The molecule has 1 heterocycles. The average molecular weight is 337 g/mol. The summed E-state index contributed by atoms with van der Waals surface area (Å²) in [5.74, 6) is 2.72. The summed E-state index contributed by atoms with van der Waals surface area (Å²) in [6.07, 6.45) is 12.6. The predicted molar refractivity (Wildman–Crippen MR) is 100 cm³/mol. The molecule has 2 fully saturated rings. The van der Waals surface area contributed by atoms with Gasteiger partial charge in [0.2, 0.25) is 5.91 Å². The summed E-state index contributed by atoms with van der Waals surface area (Å²) in [6.45, 7) is 3.03. The number of nitrogens with one attached hydrogen (secondary N) is 2. The molecule has 1 amide bonds. The Labute approximate surface area is 147 Å². The zero-order valence-electron chi connectivity index (χ0n) is 15.6. The molecule has 5 heteroatoms. The van der Waals surface area contributed by atoms with E-state index < -0.39 is 0 Å². The Morgan fingerprint density at radius 3 is 2.42 bits per heavy atom. The molecule has 0 spiro atoms. The van der Waals surface area contributed by atoms with E-state index in [4.69, 9.17) is 0 Å². The minimum atomic E-state index is 0.165. The van der Waals surface area contributed by atoms with Gasteiger partial charge < -0.3 is 15.5 Å². The highest BCUT2D eigenvalue weighted by molar-refractivity contribution is 5.80. The molecule has 0 atom stereocenters. The highest BCUT2D eigenvalue weighted by Gasteiger charge is 2.23. The summed E-state index contributed by atoms with van der Waals surface area (Å²) in [7, 11) is 3.59. The Morgan fingerprint density at radius 1 is 1.08 bits per heavy atom. The van der Waals surface area contributed by atoms with Crippen molar-refractivity contribution in [2.45, 2.75) is 64.2 Å². The van der Waals surface area contributed by atoms with Gasteiger partial charge in [-0.25, -0.2) is 0 Å². The van der Waals surface area contributed by atoms with E-state index in [1.54, 1.807) is 7.05 Å². The smallest absolute Gasteiger partial charge is 0.220 e. The van der Waals surface area contributed by atoms with Crippen molar-refractivity contribution >= 4 is 11.9 Å². The first-order valence-corrected chi connectivity index (χ1v) is 9.89. The number of unbranched alkanes of at least 4 members (excludes halogenated alkanes) is 1. The van der Waals surface area contributed by atoms with Gasteiger partial charge in [-0.15, -0.1) is 0 Å². The molecule has 0 unspecified atom stereocenters. The number of carbonyl (C=O) groups is 1. The molecular weight excluding hydrogens is 300 g/mol. The Bertz CT molecular complexity index is 396. The topological polar surface area (TPSA) is 56.7 Å². The molecule has 2 aliphatic rings. The highest BCUT2D eigenvalue weighted by Crippen LogP contribution is 2.28. The number of hydrogen-bond donors (Lipinski definition) is 2. The number of amides is 1. The molecule has 0 aromatic rings. The summed E-state index contributed by atoms with van der Waals surface area (Å²) >= 11 is 0. The van der Waals surface area contributed by atoms with Gasteiger partial charge in [0.15, 0.2) is 5.96 Å². The normalized spacial score (nSPS) is 20.4. The van der Waals surface area contributed by atoms with E-state index >= 15 is 0 Å². The van der Waals surface area contributed by atoms with Crippen LogP contribution in [0.25, 0.3) is 0 Å². The second-order valence-electron chi connectivity index (χ2n) is 7.43. The molecule has 24 heavy (non-hydrogen) atoms. The number of carbonyl (C=O) groups excluding carboxylic acids is 1. The lowest BCUT2D eigenvalue weighted by Crippen LogP contribution is -2.46. The maximum absolute atomic E-state index is 11.5. The standard InChI is InChI=1S/C19H36N4O/c1-20-18(24)15-17-10-13-23(14-11-17)19(21-2)22-12-6-5-9-16-7-3-4-8-16/h16-17H,3-15H2,1-2H3,(H,20,24)(H,21,22). The van der Waals surface area contributed by atoms with E-state index in [2.05, 4.69) is 20.5 Å². The zero-order chi connectivity index (χ0) is 17.2. The van der Waals surface area contributed by atoms with Gasteiger partial charge in [-0.1, -0.05) is 38.5 Å².